The third-order valence-corrected chi connectivity index (χ3v) is 4.10. The fourth-order valence-electron chi connectivity index (χ4n) is 2.78. The van der Waals surface area contributed by atoms with Crippen LogP contribution in [0.25, 0.3) is 16.6 Å². The van der Waals surface area contributed by atoms with E-state index in [2.05, 4.69) is 15.5 Å². The highest BCUT2D eigenvalue weighted by Gasteiger charge is 2.12. The molecular weight excluding hydrogens is 340 g/mol. The van der Waals surface area contributed by atoms with Gasteiger partial charge in [-0.05, 0) is 36.4 Å². The highest BCUT2D eigenvalue weighted by Crippen LogP contribution is 2.17. The molecule has 0 aliphatic heterocycles. The zero-order chi connectivity index (χ0) is 18.6. The Bertz CT molecular complexity index is 1180. The van der Waals surface area contributed by atoms with Gasteiger partial charge in [0.1, 0.15) is 5.75 Å². The molecule has 0 bridgehead atoms. The molecule has 6 heteroatoms. The number of hydrogen-bond donors (Lipinski definition) is 2. The van der Waals surface area contributed by atoms with Gasteiger partial charge in [-0.3, -0.25) is 4.79 Å². The predicted octanol–water partition coefficient (Wildman–Crippen LogP) is 3.54. The van der Waals surface area contributed by atoms with E-state index in [0.717, 1.165) is 0 Å². The van der Waals surface area contributed by atoms with Crippen molar-refractivity contribution in [3.63, 3.8) is 0 Å². The summed E-state index contributed by atoms with van der Waals surface area (Å²) in [5.74, 6) is 0.409. The van der Waals surface area contributed by atoms with Gasteiger partial charge in [-0.15, -0.1) is 0 Å². The first kappa shape index (κ1) is 16.5. The Morgan fingerprint density at radius 1 is 0.926 bits per heavy atom. The van der Waals surface area contributed by atoms with Gasteiger partial charge < -0.3 is 5.11 Å². The second-order valence-electron chi connectivity index (χ2n) is 5.86. The Morgan fingerprint density at radius 3 is 2.44 bits per heavy atom. The molecule has 1 heterocycles. The predicted molar refractivity (Wildman–Crippen MR) is 107 cm³/mol. The van der Waals surface area contributed by atoms with Crippen LogP contribution >= 0.6 is 0 Å². The van der Waals surface area contributed by atoms with Gasteiger partial charge in [-0.1, -0.05) is 42.5 Å². The van der Waals surface area contributed by atoms with E-state index in [1.165, 1.54) is 10.8 Å². The van der Waals surface area contributed by atoms with E-state index >= 15 is 0 Å². The van der Waals surface area contributed by atoms with Gasteiger partial charge in [0, 0.05) is 5.56 Å². The normalized spacial score (nSPS) is 11.1. The summed E-state index contributed by atoms with van der Waals surface area (Å²) in [6.07, 6.45) is 1.48. The molecule has 0 saturated carbocycles. The van der Waals surface area contributed by atoms with E-state index in [9.17, 15) is 9.90 Å². The van der Waals surface area contributed by atoms with Gasteiger partial charge >= 0.3 is 0 Å². The van der Waals surface area contributed by atoms with E-state index in [4.69, 9.17) is 0 Å². The lowest BCUT2D eigenvalue weighted by Gasteiger charge is -2.12. The summed E-state index contributed by atoms with van der Waals surface area (Å²) in [6, 6.07) is 23.3. The summed E-state index contributed by atoms with van der Waals surface area (Å²) in [5, 5.41) is 14.5. The Morgan fingerprint density at radius 2 is 1.63 bits per heavy atom. The first-order chi connectivity index (χ1) is 13.2. The second-order valence-corrected chi connectivity index (χ2v) is 5.86. The molecule has 0 amide bonds. The minimum Gasteiger partial charge on any atom is -0.507 e. The number of rotatable bonds is 4. The monoisotopic (exact) mass is 356 g/mol. The van der Waals surface area contributed by atoms with Crippen LogP contribution in [-0.2, 0) is 0 Å². The number of para-hydroxylation sites is 3. The third-order valence-electron chi connectivity index (χ3n) is 4.10. The van der Waals surface area contributed by atoms with Crippen molar-refractivity contribution >= 4 is 23.1 Å². The molecule has 0 aliphatic carbocycles. The molecule has 132 valence electrons. The molecular formula is C21H16N4O2. The van der Waals surface area contributed by atoms with Crippen LogP contribution in [0.4, 0.5) is 5.95 Å². The van der Waals surface area contributed by atoms with Crippen LogP contribution < -0.4 is 11.0 Å². The first-order valence-corrected chi connectivity index (χ1v) is 8.38. The summed E-state index contributed by atoms with van der Waals surface area (Å²) in [6.45, 7) is 0. The molecule has 0 atom stereocenters. The van der Waals surface area contributed by atoms with Crippen LogP contribution in [0.1, 0.15) is 5.56 Å². The van der Waals surface area contributed by atoms with E-state index in [0.29, 0.717) is 22.2 Å². The minimum atomic E-state index is -0.188. The zero-order valence-corrected chi connectivity index (χ0v) is 14.3. The van der Waals surface area contributed by atoms with Gasteiger partial charge in [-0.25, -0.2) is 15.0 Å². The van der Waals surface area contributed by atoms with Crippen LogP contribution in [-0.4, -0.2) is 20.9 Å². The van der Waals surface area contributed by atoms with Crippen molar-refractivity contribution < 1.29 is 5.11 Å². The average Bonchev–Trinajstić information content (AvgIpc) is 2.70. The molecule has 6 nitrogen and oxygen atoms in total. The fraction of sp³-hybridized carbons (Fsp3) is 0. The summed E-state index contributed by atoms with van der Waals surface area (Å²) < 4.78 is 1.48. The van der Waals surface area contributed by atoms with Gasteiger partial charge in [-0.2, -0.15) is 5.10 Å². The maximum Gasteiger partial charge on any atom is 0.267 e. The van der Waals surface area contributed by atoms with Crippen LogP contribution in [0.2, 0.25) is 0 Å². The molecule has 0 unspecified atom stereocenters. The number of aromatic nitrogens is 2. The van der Waals surface area contributed by atoms with Gasteiger partial charge in [0.2, 0.25) is 5.95 Å². The molecule has 27 heavy (non-hydrogen) atoms. The number of phenols is 1. The Labute approximate surface area is 155 Å². The summed E-state index contributed by atoms with van der Waals surface area (Å²) in [7, 11) is 0. The summed E-state index contributed by atoms with van der Waals surface area (Å²) in [5.41, 5.74) is 4.46. The number of anilines is 1. The van der Waals surface area contributed by atoms with Crippen LogP contribution in [0, 0.1) is 0 Å². The molecule has 1 aromatic heterocycles. The topological polar surface area (TPSA) is 79.5 Å². The fourth-order valence-corrected chi connectivity index (χ4v) is 2.78. The molecule has 4 aromatic rings. The van der Waals surface area contributed by atoms with Crippen molar-refractivity contribution in [3.8, 4) is 11.4 Å². The zero-order valence-electron chi connectivity index (χ0n) is 14.3. The molecule has 0 saturated heterocycles. The van der Waals surface area contributed by atoms with Crippen molar-refractivity contribution in [1.29, 1.82) is 0 Å². The quantitative estimate of drug-likeness (QED) is 0.433. The van der Waals surface area contributed by atoms with E-state index in [-0.39, 0.29) is 17.3 Å². The van der Waals surface area contributed by atoms with Crippen LogP contribution in [0.15, 0.2) is 88.8 Å². The highest BCUT2D eigenvalue weighted by molar-refractivity contribution is 5.84. The highest BCUT2D eigenvalue weighted by atomic mass is 16.3. The molecule has 0 fully saturated rings. The maximum atomic E-state index is 13.0. The maximum absolute atomic E-state index is 13.0. The van der Waals surface area contributed by atoms with Crippen molar-refractivity contribution in [2.75, 3.05) is 5.43 Å². The largest absolute Gasteiger partial charge is 0.507 e. The molecule has 3 aromatic carbocycles. The van der Waals surface area contributed by atoms with Gasteiger partial charge in [0.15, 0.2) is 0 Å². The number of fused-ring (bicyclic) bond motifs is 1. The Hall–Kier alpha value is -3.93. The minimum absolute atomic E-state index is 0.120. The second kappa shape index (κ2) is 7.13. The Balaban J connectivity index is 1.81. The molecule has 0 radical (unpaired) electrons. The lowest BCUT2D eigenvalue weighted by molar-refractivity contribution is 0.474. The lowest BCUT2D eigenvalue weighted by Crippen LogP contribution is -2.22. The number of hydrazone groups is 1. The van der Waals surface area contributed by atoms with E-state index in [1.807, 2.05) is 42.5 Å². The molecule has 2 N–H and O–H groups in total. The smallest absolute Gasteiger partial charge is 0.267 e. The number of phenolic OH excluding ortho intramolecular Hbond substituents is 1. The standard InChI is InChI=1S/C21H16N4O2/c26-19-13-7-4-8-15(19)14-22-24-21-23-18-12-6-5-11-17(18)20(27)25(21)16-9-2-1-3-10-16/h1-14,26H,(H,23,24)/b22-14+. The lowest BCUT2D eigenvalue weighted by atomic mass is 10.2. The SMILES string of the molecule is O=c1c2ccccc2nc(N/N=C/c2ccccc2O)n1-c1ccccc1. The number of nitrogens with zero attached hydrogens (tertiary/aromatic N) is 3. The number of hydrogen-bond acceptors (Lipinski definition) is 5. The average molecular weight is 356 g/mol. The molecule has 0 spiro atoms. The number of aromatic hydroxyl groups is 1. The molecule has 4 rings (SSSR count). The van der Waals surface area contributed by atoms with Gasteiger partial charge in [0.25, 0.3) is 5.56 Å². The van der Waals surface area contributed by atoms with Crippen LogP contribution in [0.5, 0.6) is 5.75 Å². The molecule has 0 aliphatic rings. The third kappa shape index (κ3) is 3.28. The number of benzene rings is 3. The van der Waals surface area contributed by atoms with Crippen molar-refractivity contribution in [1.82, 2.24) is 9.55 Å². The van der Waals surface area contributed by atoms with Crippen molar-refractivity contribution in [2.45, 2.75) is 0 Å². The Kier molecular flexibility index (Phi) is 4.37. The summed E-state index contributed by atoms with van der Waals surface area (Å²) in [4.78, 5) is 17.6. The van der Waals surface area contributed by atoms with E-state index < -0.39 is 0 Å². The number of nitrogens with one attached hydrogen (secondary N) is 1. The first-order valence-electron chi connectivity index (χ1n) is 8.38. The van der Waals surface area contributed by atoms with E-state index in [1.54, 1.807) is 36.4 Å². The van der Waals surface area contributed by atoms with Crippen LogP contribution in [0.3, 0.4) is 0 Å². The van der Waals surface area contributed by atoms with Crippen molar-refractivity contribution in [3.05, 3.63) is 94.8 Å². The van der Waals surface area contributed by atoms with Crippen molar-refractivity contribution in [2.24, 2.45) is 5.10 Å². The summed E-state index contributed by atoms with van der Waals surface area (Å²) >= 11 is 0. The van der Waals surface area contributed by atoms with Gasteiger partial charge in [0.05, 0.1) is 22.8 Å².